The van der Waals surface area contributed by atoms with Crippen LogP contribution in [0.3, 0.4) is 0 Å². The van der Waals surface area contributed by atoms with Crippen LogP contribution in [0, 0.1) is 0 Å². The highest BCUT2D eigenvalue weighted by atomic mass is 16.1. The van der Waals surface area contributed by atoms with Gasteiger partial charge in [0.2, 0.25) is 0 Å². The molecule has 0 spiro atoms. The van der Waals surface area contributed by atoms with E-state index in [0.717, 1.165) is 24.9 Å². The monoisotopic (exact) mass is 285 g/mol. The first-order valence-corrected chi connectivity index (χ1v) is 7.53. The van der Waals surface area contributed by atoms with Crippen LogP contribution in [0.5, 0.6) is 0 Å². The summed E-state index contributed by atoms with van der Waals surface area (Å²) in [5, 5.41) is 7.40. The van der Waals surface area contributed by atoms with Crippen LogP contribution in [0.4, 0.5) is 5.69 Å². The molecule has 4 nitrogen and oxygen atoms in total. The van der Waals surface area contributed by atoms with E-state index in [0.29, 0.717) is 12.6 Å². The minimum absolute atomic E-state index is 0.0413. The first-order chi connectivity index (χ1) is 10.1. The lowest BCUT2D eigenvalue weighted by atomic mass is 10.1. The van der Waals surface area contributed by atoms with E-state index >= 15 is 0 Å². The summed E-state index contributed by atoms with van der Waals surface area (Å²) in [5.41, 5.74) is 2.09. The lowest BCUT2D eigenvalue weighted by Crippen LogP contribution is -2.23. The van der Waals surface area contributed by atoms with Crippen molar-refractivity contribution in [3.63, 3.8) is 0 Å². The third kappa shape index (κ3) is 5.06. The van der Waals surface area contributed by atoms with Gasteiger partial charge in [-0.05, 0) is 38.7 Å². The average Bonchev–Trinajstić information content (AvgIpc) is 2.46. The molecule has 1 aromatic carbocycles. The van der Waals surface area contributed by atoms with Crippen LogP contribution in [-0.4, -0.2) is 15.8 Å². The van der Waals surface area contributed by atoms with Crippen LogP contribution in [0.15, 0.2) is 47.4 Å². The number of unbranched alkanes of at least 4 members (excludes halogenated alkanes) is 1. The fourth-order valence-electron chi connectivity index (χ4n) is 2.25. The molecule has 0 saturated heterocycles. The Morgan fingerprint density at radius 1 is 1.19 bits per heavy atom. The Morgan fingerprint density at radius 2 is 1.95 bits per heavy atom. The molecule has 0 saturated carbocycles. The molecule has 0 fully saturated rings. The molecule has 1 N–H and O–H groups in total. The molecule has 0 radical (unpaired) electrons. The van der Waals surface area contributed by atoms with Crippen molar-refractivity contribution < 1.29 is 0 Å². The number of benzene rings is 1. The van der Waals surface area contributed by atoms with E-state index in [2.05, 4.69) is 34.7 Å². The van der Waals surface area contributed by atoms with E-state index in [4.69, 9.17) is 0 Å². The zero-order valence-electron chi connectivity index (χ0n) is 12.7. The van der Waals surface area contributed by atoms with Gasteiger partial charge in [-0.3, -0.25) is 4.79 Å². The second kappa shape index (κ2) is 7.62. The molecule has 2 aromatic rings. The van der Waals surface area contributed by atoms with Gasteiger partial charge in [0.15, 0.2) is 0 Å². The predicted molar refractivity (Wildman–Crippen MR) is 86.6 cm³/mol. The molecule has 1 aromatic heterocycles. The number of hydrogen-bond acceptors (Lipinski definition) is 3. The van der Waals surface area contributed by atoms with Gasteiger partial charge in [-0.15, -0.1) is 0 Å². The number of nitrogens with zero attached hydrogens (tertiary/aromatic N) is 2. The number of aromatic nitrogens is 2. The highest BCUT2D eigenvalue weighted by molar-refractivity contribution is 5.39. The standard InChI is InChI=1S/C17H23N3O/c1-14(2)19-16-12-17(21)20(18-13-16)11-7-6-10-15-8-4-3-5-9-15/h3-5,8-9,12-14,19H,6-7,10-11H2,1-2H3. The van der Waals surface area contributed by atoms with Gasteiger partial charge in [0.25, 0.3) is 5.56 Å². The molecule has 0 aliphatic heterocycles. The Balaban J connectivity index is 1.82. The molecular formula is C17H23N3O. The minimum atomic E-state index is -0.0413. The third-order valence-corrected chi connectivity index (χ3v) is 3.25. The van der Waals surface area contributed by atoms with Crippen molar-refractivity contribution >= 4 is 5.69 Å². The van der Waals surface area contributed by atoms with Gasteiger partial charge in [-0.2, -0.15) is 5.10 Å². The summed E-state index contributed by atoms with van der Waals surface area (Å²) in [4.78, 5) is 11.9. The second-order valence-electron chi connectivity index (χ2n) is 5.55. The van der Waals surface area contributed by atoms with E-state index in [1.807, 2.05) is 19.9 Å². The largest absolute Gasteiger partial charge is 0.381 e. The summed E-state index contributed by atoms with van der Waals surface area (Å²) in [6.45, 7) is 4.75. The molecular weight excluding hydrogens is 262 g/mol. The smallest absolute Gasteiger partial charge is 0.268 e. The normalized spacial score (nSPS) is 10.8. The Hall–Kier alpha value is -2.10. The van der Waals surface area contributed by atoms with Crippen molar-refractivity contribution in [2.75, 3.05) is 5.32 Å². The van der Waals surface area contributed by atoms with Gasteiger partial charge in [-0.1, -0.05) is 30.3 Å². The highest BCUT2D eigenvalue weighted by Crippen LogP contribution is 2.06. The maximum atomic E-state index is 11.9. The summed E-state index contributed by atoms with van der Waals surface area (Å²) in [6.07, 6.45) is 4.78. The number of rotatable bonds is 7. The molecule has 0 unspecified atom stereocenters. The number of hydrogen-bond donors (Lipinski definition) is 1. The van der Waals surface area contributed by atoms with Crippen molar-refractivity contribution in [1.82, 2.24) is 9.78 Å². The van der Waals surface area contributed by atoms with E-state index in [1.54, 1.807) is 12.3 Å². The van der Waals surface area contributed by atoms with Crippen molar-refractivity contribution in [3.05, 3.63) is 58.5 Å². The fraction of sp³-hybridized carbons (Fsp3) is 0.412. The van der Waals surface area contributed by atoms with Crippen LogP contribution >= 0.6 is 0 Å². The van der Waals surface area contributed by atoms with Gasteiger partial charge in [0.05, 0.1) is 11.9 Å². The van der Waals surface area contributed by atoms with Crippen LogP contribution in [0.1, 0.15) is 32.3 Å². The van der Waals surface area contributed by atoms with E-state index in [1.165, 1.54) is 10.2 Å². The van der Waals surface area contributed by atoms with Gasteiger partial charge >= 0.3 is 0 Å². The maximum absolute atomic E-state index is 11.9. The number of aryl methyl sites for hydroxylation is 2. The van der Waals surface area contributed by atoms with Crippen LogP contribution < -0.4 is 10.9 Å². The van der Waals surface area contributed by atoms with Crippen LogP contribution in [0.25, 0.3) is 0 Å². The zero-order chi connectivity index (χ0) is 15.1. The summed E-state index contributed by atoms with van der Waals surface area (Å²) < 4.78 is 1.54. The van der Waals surface area contributed by atoms with Gasteiger partial charge in [-0.25, -0.2) is 4.68 Å². The van der Waals surface area contributed by atoms with Gasteiger partial charge in [0, 0.05) is 18.7 Å². The molecule has 21 heavy (non-hydrogen) atoms. The number of nitrogens with one attached hydrogen (secondary N) is 1. The van der Waals surface area contributed by atoms with Crippen molar-refractivity contribution in [3.8, 4) is 0 Å². The van der Waals surface area contributed by atoms with Gasteiger partial charge < -0.3 is 5.32 Å². The van der Waals surface area contributed by atoms with E-state index < -0.39 is 0 Å². The molecule has 4 heteroatoms. The van der Waals surface area contributed by atoms with Crippen LogP contribution in [0.2, 0.25) is 0 Å². The van der Waals surface area contributed by atoms with E-state index in [9.17, 15) is 4.79 Å². The molecule has 0 aliphatic rings. The lowest BCUT2D eigenvalue weighted by molar-refractivity contribution is 0.532. The Kier molecular flexibility index (Phi) is 5.55. The van der Waals surface area contributed by atoms with Crippen molar-refractivity contribution in [2.45, 2.75) is 45.7 Å². The second-order valence-corrected chi connectivity index (χ2v) is 5.55. The molecule has 0 aliphatic carbocycles. The lowest BCUT2D eigenvalue weighted by Gasteiger charge is -2.10. The predicted octanol–water partition coefficient (Wildman–Crippen LogP) is 3.09. The molecule has 1 heterocycles. The fourth-order valence-corrected chi connectivity index (χ4v) is 2.25. The molecule has 0 atom stereocenters. The van der Waals surface area contributed by atoms with Crippen molar-refractivity contribution in [2.24, 2.45) is 0 Å². The van der Waals surface area contributed by atoms with Crippen LogP contribution in [-0.2, 0) is 13.0 Å². The molecule has 2 rings (SSSR count). The summed E-state index contributed by atoms with van der Waals surface area (Å²) in [7, 11) is 0. The van der Waals surface area contributed by atoms with E-state index in [-0.39, 0.29) is 5.56 Å². The first kappa shape index (κ1) is 15.3. The summed E-state index contributed by atoms with van der Waals surface area (Å²) >= 11 is 0. The molecule has 112 valence electrons. The summed E-state index contributed by atoms with van der Waals surface area (Å²) in [5.74, 6) is 0. The first-order valence-electron chi connectivity index (χ1n) is 7.53. The van der Waals surface area contributed by atoms with Gasteiger partial charge in [0.1, 0.15) is 0 Å². The topological polar surface area (TPSA) is 46.9 Å². The highest BCUT2D eigenvalue weighted by Gasteiger charge is 2.01. The Labute approximate surface area is 125 Å². The summed E-state index contributed by atoms with van der Waals surface area (Å²) in [6, 6.07) is 12.3. The molecule has 0 bridgehead atoms. The number of anilines is 1. The maximum Gasteiger partial charge on any atom is 0.268 e. The SMILES string of the molecule is CC(C)Nc1cnn(CCCCc2ccccc2)c(=O)c1. The minimum Gasteiger partial charge on any atom is -0.381 e. The van der Waals surface area contributed by atoms with Crippen molar-refractivity contribution in [1.29, 1.82) is 0 Å². The molecule has 0 amide bonds. The third-order valence-electron chi connectivity index (χ3n) is 3.25. The Bertz CT molecular complexity index is 605. The average molecular weight is 285 g/mol. The quantitative estimate of drug-likeness (QED) is 0.795. The zero-order valence-corrected chi connectivity index (χ0v) is 12.7. The Morgan fingerprint density at radius 3 is 2.62 bits per heavy atom.